The Morgan fingerprint density at radius 2 is 1.82 bits per heavy atom. The maximum atomic E-state index is 9.90. The van der Waals surface area contributed by atoms with Gasteiger partial charge in [-0.2, -0.15) is 0 Å². The molecule has 92 valence electrons. The monoisotopic (exact) mass is 232 g/mol. The summed E-state index contributed by atoms with van der Waals surface area (Å²) in [6.07, 6.45) is 7.55. The fourth-order valence-electron chi connectivity index (χ4n) is 3.01. The van der Waals surface area contributed by atoms with E-state index in [-0.39, 0.29) is 12.2 Å². The lowest BCUT2D eigenvalue weighted by molar-refractivity contribution is 0.00684. The van der Waals surface area contributed by atoms with Gasteiger partial charge in [-0.1, -0.05) is 12.5 Å². The van der Waals surface area contributed by atoms with Crippen LogP contribution in [0.3, 0.4) is 0 Å². The molecule has 0 heterocycles. The molecule has 2 aliphatic carbocycles. The molecule has 1 saturated carbocycles. The summed E-state index contributed by atoms with van der Waals surface area (Å²) in [5.41, 5.74) is 2.91. The van der Waals surface area contributed by atoms with Crippen LogP contribution in [0.5, 0.6) is 5.75 Å². The molecule has 2 nitrogen and oxygen atoms in total. The van der Waals surface area contributed by atoms with E-state index in [0.29, 0.717) is 0 Å². The zero-order valence-electron chi connectivity index (χ0n) is 10.2. The molecule has 17 heavy (non-hydrogen) atoms. The van der Waals surface area contributed by atoms with E-state index >= 15 is 0 Å². The van der Waals surface area contributed by atoms with Crippen LogP contribution in [-0.2, 0) is 12.8 Å². The molecule has 0 aliphatic heterocycles. The normalized spacial score (nSPS) is 27.8. The number of hydrogen-bond donors (Lipinski definition) is 1. The molecule has 0 bridgehead atoms. The minimum absolute atomic E-state index is 0.00297. The predicted octanol–water partition coefficient (Wildman–Crippen LogP) is 2.86. The molecule has 1 aromatic carbocycles. The maximum absolute atomic E-state index is 9.90. The van der Waals surface area contributed by atoms with E-state index < -0.39 is 0 Å². The van der Waals surface area contributed by atoms with Gasteiger partial charge < -0.3 is 9.84 Å². The zero-order chi connectivity index (χ0) is 11.7. The smallest absolute Gasteiger partial charge is 0.124 e. The fraction of sp³-hybridized carbons (Fsp3) is 0.600. The lowest BCUT2D eigenvalue weighted by Crippen LogP contribution is -2.34. The number of aliphatic hydroxyl groups excluding tert-OH is 1. The van der Waals surface area contributed by atoms with Crippen LogP contribution < -0.4 is 4.74 Å². The van der Waals surface area contributed by atoms with Crippen molar-refractivity contribution in [1.82, 2.24) is 0 Å². The molecule has 1 fully saturated rings. The van der Waals surface area contributed by atoms with Crippen molar-refractivity contribution in [2.24, 2.45) is 0 Å². The van der Waals surface area contributed by atoms with Crippen molar-refractivity contribution < 1.29 is 9.84 Å². The van der Waals surface area contributed by atoms with Gasteiger partial charge in [-0.3, -0.25) is 0 Å². The first-order valence-electron chi connectivity index (χ1n) is 6.79. The first kappa shape index (κ1) is 11.1. The predicted molar refractivity (Wildman–Crippen MR) is 67.4 cm³/mol. The summed E-state index contributed by atoms with van der Waals surface area (Å²) in [5.74, 6) is 0.941. The van der Waals surface area contributed by atoms with Gasteiger partial charge in [-0.15, -0.1) is 0 Å². The number of fused-ring (bicyclic) bond motifs is 1. The largest absolute Gasteiger partial charge is 0.488 e. The molecule has 0 saturated heterocycles. The average Bonchev–Trinajstić information content (AvgIpc) is 2.79. The van der Waals surface area contributed by atoms with Crippen molar-refractivity contribution in [2.75, 3.05) is 0 Å². The lowest BCUT2D eigenvalue weighted by Gasteiger charge is -2.28. The number of aliphatic hydroxyl groups is 1. The highest BCUT2D eigenvalue weighted by atomic mass is 16.5. The SMILES string of the molecule is OC1CCCCC1Oc1ccc2c(c1)CCC2. The summed E-state index contributed by atoms with van der Waals surface area (Å²) < 4.78 is 5.94. The van der Waals surface area contributed by atoms with Gasteiger partial charge in [-0.25, -0.2) is 0 Å². The fourth-order valence-corrected chi connectivity index (χ4v) is 3.01. The zero-order valence-corrected chi connectivity index (χ0v) is 10.2. The number of ether oxygens (including phenoxy) is 1. The van der Waals surface area contributed by atoms with Crippen LogP contribution in [-0.4, -0.2) is 17.3 Å². The molecular weight excluding hydrogens is 212 g/mol. The molecular formula is C15H20O2. The minimum atomic E-state index is -0.281. The van der Waals surface area contributed by atoms with E-state index in [2.05, 4.69) is 18.2 Å². The maximum Gasteiger partial charge on any atom is 0.124 e. The van der Waals surface area contributed by atoms with E-state index in [0.717, 1.165) is 25.0 Å². The summed E-state index contributed by atoms with van der Waals surface area (Å²) in [7, 11) is 0. The molecule has 1 aromatic rings. The van der Waals surface area contributed by atoms with E-state index in [1.807, 2.05) is 0 Å². The van der Waals surface area contributed by atoms with Crippen molar-refractivity contribution in [2.45, 2.75) is 57.2 Å². The number of benzene rings is 1. The van der Waals surface area contributed by atoms with Crippen LogP contribution in [0.4, 0.5) is 0 Å². The summed E-state index contributed by atoms with van der Waals surface area (Å²) in [4.78, 5) is 0. The molecule has 2 heteroatoms. The van der Waals surface area contributed by atoms with Crippen molar-refractivity contribution in [1.29, 1.82) is 0 Å². The molecule has 0 radical (unpaired) electrons. The van der Waals surface area contributed by atoms with Crippen LogP contribution in [0.15, 0.2) is 18.2 Å². The highest BCUT2D eigenvalue weighted by Crippen LogP contribution is 2.29. The standard InChI is InChI=1S/C15H20O2/c16-14-6-1-2-7-15(14)17-13-9-8-11-4-3-5-12(11)10-13/h8-10,14-16H,1-7H2. The van der Waals surface area contributed by atoms with Gasteiger partial charge in [0.1, 0.15) is 11.9 Å². The Morgan fingerprint density at radius 3 is 2.71 bits per heavy atom. The van der Waals surface area contributed by atoms with Gasteiger partial charge in [0.2, 0.25) is 0 Å². The molecule has 0 aromatic heterocycles. The Labute approximate surface area is 103 Å². The Morgan fingerprint density at radius 1 is 1.00 bits per heavy atom. The Kier molecular flexibility index (Phi) is 3.06. The summed E-state index contributed by atoms with van der Waals surface area (Å²) in [6, 6.07) is 6.42. The van der Waals surface area contributed by atoms with Crippen LogP contribution in [0.1, 0.15) is 43.2 Å². The summed E-state index contributed by atoms with van der Waals surface area (Å²) >= 11 is 0. The second-order valence-corrected chi connectivity index (χ2v) is 5.29. The molecule has 0 spiro atoms. The molecule has 0 amide bonds. The van der Waals surface area contributed by atoms with Crippen LogP contribution in [0.25, 0.3) is 0 Å². The molecule has 2 unspecified atom stereocenters. The molecule has 2 atom stereocenters. The quantitative estimate of drug-likeness (QED) is 0.849. The highest BCUT2D eigenvalue weighted by molar-refractivity contribution is 5.38. The van der Waals surface area contributed by atoms with Gasteiger partial charge in [-0.05, 0) is 61.8 Å². The van der Waals surface area contributed by atoms with Gasteiger partial charge in [0.25, 0.3) is 0 Å². The highest BCUT2D eigenvalue weighted by Gasteiger charge is 2.25. The van der Waals surface area contributed by atoms with E-state index in [1.165, 1.54) is 36.8 Å². The van der Waals surface area contributed by atoms with Gasteiger partial charge in [0.05, 0.1) is 6.10 Å². The Hall–Kier alpha value is -1.02. The summed E-state index contributed by atoms with van der Waals surface area (Å²) in [5, 5.41) is 9.90. The lowest BCUT2D eigenvalue weighted by atomic mass is 9.95. The van der Waals surface area contributed by atoms with Crippen molar-refractivity contribution in [3.05, 3.63) is 29.3 Å². The molecule has 3 rings (SSSR count). The molecule has 2 aliphatic rings. The van der Waals surface area contributed by atoms with Crippen molar-refractivity contribution in [3.63, 3.8) is 0 Å². The average molecular weight is 232 g/mol. The number of rotatable bonds is 2. The number of hydrogen-bond acceptors (Lipinski definition) is 2. The minimum Gasteiger partial charge on any atom is -0.488 e. The third-order valence-corrected chi connectivity index (χ3v) is 4.03. The van der Waals surface area contributed by atoms with Crippen LogP contribution in [0, 0.1) is 0 Å². The van der Waals surface area contributed by atoms with Gasteiger partial charge in [0, 0.05) is 0 Å². The second kappa shape index (κ2) is 4.69. The Balaban J connectivity index is 1.72. The first-order valence-corrected chi connectivity index (χ1v) is 6.79. The van der Waals surface area contributed by atoms with Gasteiger partial charge in [0.15, 0.2) is 0 Å². The van der Waals surface area contributed by atoms with E-state index in [4.69, 9.17) is 4.74 Å². The third-order valence-electron chi connectivity index (χ3n) is 4.03. The van der Waals surface area contributed by atoms with Crippen LogP contribution in [0.2, 0.25) is 0 Å². The topological polar surface area (TPSA) is 29.5 Å². The third kappa shape index (κ3) is 2.32. The second-order valence-electron chi connectivity index (χ2n) is 5.29. The summed E-state index contributed by atoms with van der Waals surface area (Å²) in [6.45, 7) is 0. The van der Waals surface area contributed by atoms with E-state index in [1.54, 1.807) is 0 Å². The Bertz CT molecular complexity index is 400. The first-order chi connectivity index (χ1) is 8.33. The molecule has 1 N–H and O–H groups in total. The number of aryl methyl sites for hydroxylation is 2. The van der Waals surface area contributed by atoms with Crippen LogP contribution >= 0.6 is 0 Å². The van der Waals surface area contributed by atoms with E-state index in [9.17, 15) is 5.11 Å². The van der Waals surface area contributed by atoms with Crippen molar-refractivity contribution in [3.8, 4) is 5.75 Å². The van der Waals surface area contributed by atoms with Gasteiger partial charge >= 0.3 is 0 Å². The van der Waals surface area contributed by atoms with Crippen molar-refractivity contribution >= 4 is 0 Å².